The molecule has 0 saturated heterocycles. The Labute approximate surface area is 108 Å². The van der Waals surface area contributed by atoms with Gasteiger partial charge in [0.2, 0.25) is 0 Å². The van der Waals surface area contributed by atoms with Gasteiger partial charge in [0.05, 0.1) is 6.61 Å². The summed E-state index contributed by atoms with van der Waals surface area (Å²) in [5.74, 6) is 0. The lowest BCUT2D eigenvalue weighted by Gasteiger charge is -2.26. The molecule has 0 fully saturated rings. The first-order valence-corrected chi connectivity index (χ1v) is 6.07. The number of carbonyl (C=O) groups is 1. The van der Waals surface area contributed by atoms with Crippen LogP contribution in [0.3, 0.4) is 0 Å². The van der Waals surface area contributed by atoms with E-state index >= 15 is 0 Å². The van der Waals surface area contributed by atoms with Crippen LogP contribution in [-0.2, 0) is 11.3 Å². The monoisotopic (exact) mass is 251 g/mol. The second-order valence-corrected chi connectivity index (χ2v) is 5.05. The van der Waals surface area contributed by atoms with E-state index in [2.05, 4.69) is 0 Å². The second-order valence-electron chi connectivity index (χ2n) is 5.05. The Morgan fingerprint density at radius 1 is 1.39 bits per heavy atom. The van der Waals surface area contributed by atoms with Gasteiger partial charge in [0.25, 0.3) is 0 Å². The Hall–Kier alpha value is -1.55. The van der Waals surface area contributed by atoms with Gasteiger partial charge >= 0.3 is 6.09 Å². The van der Waals surface area contributed by atoms with E-state index in [4.69, 9.17) is 9.84 Å². The minimum absolute atomic E-state index is 0.0420. The van der Waals surface area contributed by atoms with E-state index in [-0.39, 0.29) is 12.7 Å². The molecule has 0 atom stereocenters. The van der Waals surface area contributed by atoms with Crippen LogP contribution in [-0.4, -0.2) is 23.3 Å². The lowest BCUT2D eigenvalue weighted by atomic mass is 10.2. The fourth-order valence-corrected chi connectivity index (χ4v) is 1.56. The third kappa shape index (κ3) is 4.04. The number of aliphatic hydroxyl groups excluding tert-OH is 1. The van der Waals surface area contributed by atoms with Gasteiger partial charge in [-0.25, -0.2) is 4.79 Å². The highest BCUT2D eigenvalue weighted by Gasteiger charge is 2.22. The van der Waals surface area contributed by atoms with Crippen LogP contribution in [0.5, 0.6) is 0 Å². The number of ether oxygens (including phenoxy) is 1. The molecule has 0 heterocycles. The molecule has 0 radical (unpaired) electrons. The van der Waals surface area contributed by atoms with Crippen molar-refractivity contribution < 1.29 is 14.6 Å². The highest BCUT2D eigenvalue weighted by molar-refractivity contribution is 5.87. The van der Waals surface area contributed by atoms with E-state index in [1.165, 1.54) is 0 Å². The smallest absolute Gasteiger partial charge is 0.414 e. The number of rotatable bonds is 3. The maximum atomic E-state index is 12.0. The summed E-state index contributed by atoms with van der Waals surface area (Å²) in [5.41, 5.74) is 0.992. The number of benzene rings is 1. The van der Waals surface area contributed by atoms with E-state index in [0.29, 0.717) is 6.54 Å². The lowest BCUT2D eigenvalue weighted by Crippen LogP contribution is -2.36. The molecule has 0 aliphatic rings. The largest absolute Gasteiger partial charge is 0.443 e. The zero-order chi connectivity index (χ0) is 13.8. The minimum atomic E-state index is -0.515. The molecular formula is C14H21NO3. The van der Waals surface area contributed by atoms with E-state index in [1.807, 2.05) is 45.9 Å². The number of anilines is 1. The number of carbonyl (C=O) groups excluding carboxylic acids is 1. The zero-order valence-electron chi connectivity index (χ0n) is 11.4. The van der Waals surface area contributed by atoms with Crippen LogP contribution >= 0.6 is 0 Å². The average molecular weight is 251 g/mol. The SMILES string of the molecule is CCN(C(=O)OC(C)(C)C)c1cccc(CO)c1. The second kappa shape index (κ2) is 5.87. The van der Waals surface area contributed by atoms with Crippen molar-refractivity contribution in [1.29, 1.82) is 0 Å². The fourth-order valence-electron chi connectivity index (χ4n) is 1.56. The van der Waals surface area contributed by atoms with Crippen molar-refractivity contribution in [3.63, 3.8) is 0 Å². The molecule has 0 aliphatic heterocycles. The number of amides is 1. The summed E-state index contributed by atoms with van der Waals surface area (Å²) >= 11 is 0. The molecular weight excluding hydrogens is 230 g/mol. The normalized spacial score (nSPS) is 11.2. The first-order valence-electron chi connectivity index (χ1n) is 6.07. The molecule has 1 aromatic rings. The van der Waals surface area contributed by atoms with Gasteiger partial charge in [-0.05, 0) is 45.4 Å². The van der Waals surface area contributed by atoms with Gasteiger partial charge < -0.3 is 9.84 Å². The van der Waals surface area contributed by atoms with Crippen molar-refractivity contribution in [1.82, 2.24) is 0 Å². The van der Waals surface area contributed by atoms with Crippen molar-refractivity contribution >= 4 is 11.8 Å². The number of aliphatic hydroxyl groups is 1. The van der Waals surface area contributed by atoms with Crippen molar-refractivity contribution in [3.8, 4) is 0 Å². The molecule has 18 heavy (non-hydrogen) atoms. The summed E-state index contributed by atoms with van der Waals surface area (Å²) in [7, 11) is 0. The Balaban J connectivity index is 2.91. The molecule has 0 aromatic heterocycles. The Morgan fingerprint density at radius 2 is 2.06 bits per heavy atom. The molecule has 4 heteroatoms. The predicted octanol–water partition coefficient (Wildman–Crippen LogP) is 2.94. The standard InChI is InChI=1S/C14H21NO3/c1-5-15(13(17)18-14(2,3)4)12-8-6-7-11(9-12)10-16/h6-9,16H,5,10H2,1-4H3. The summed E-state index contributed by atoms with van der Waals surface area (Å²) in [6, 6.07) is 7.24. The molecule has 4 nitrogen and oxygen atoms in total. The minimum Gasteiger partial charge on any atom is -0.443 e. The first-order chi connectivity index (χ1) is 8.37. The molecule has 1 amide bonds. The molecule has 0 unspecified atom stereocenters. The fraction of sp³-hybridized carbons (Fsp3) is 0.500. The van der Waals surface area contributed by atoms with Crippen LogP contribution < -0.4 is 4.90 Å². The van der Waals surface area contributed by atoms with Crippen molar-refractivity contribution in [2.24, 2.45) is 0 Å². The van der Waals surface area contributed by atoms with Crippen LogP contribution in [0.4, 0.5) is 10.5 Å². The van der Waals surface area contributed by atoms with Crippen molar-refractivity contribution in [2.75, 3.05) is 11.4 Å². The molecule has 100 valence electrons. The van der Waals surface area contributed by atoms with E-state index < -0.39 is 5.60 Å². The number of nitrogens with zero attached hydrogens (tertiary/aromatic N) is 1. The van der Waals surface area contributed by atoms with E-state index in [0.717, 1.165) is 11.3 Å². The molecule has 1 rings (SSSR count). The van der Waals surface area contributed by atoms with Gasteiger partial charge in [0.15, 0.2) is 0 Å². The maximum Gasteiger partial charge on any atom is 0.414 e. The summed E-state index contributed by atoms with van der Waals surface area (Å²) in [4.78, 5) is 13.6. The van der Waals surface area contributed by atoms with Gasteiger partial charge in [-0.2, -0.15) is 0 Å². The van der Waals surface area contributed by atoms with Gasteiger partial charge in [-0.15, -0.1) is 0 Å². The van der Waals surface area contributed by atoms with Gasteiger partial charge in [-0.1, -0.05) is 12.1 Å². The molecule has 0 bridgehead atoms. The van der Waals surface area contributed by atoms with Crippen LogP contribution in [0.1, 0.15) is 33.3 Å². The molecule has 0 aliphatic carbocycles. The third-order valence-electron chi connectivity index (χ3n) is 2.33. The first kappa shape index (κ1) is 14.5. The van der Waals surface area contributed by atoms with Crippen molar-refractivity contribution in [3.05, 3.63) is 29.8 Å². The number of hydrogen-bond donors (Lipinski definition) is 1. The van der Waals surface area contributed by atoms with Crippen LogP contribution in [0.2, 0.25) is 0 Å². The molecule has 0 saturated carbocycles. The highest BCUT2D eigenvalue weighted by atomic mass is 16.6. The van der Waals surface area contributed by atoms with Crippen molar-refractivity contribution in [2.45, 2.75) is 39.9 Å². The highest BCUT2D eigenvalue weighted by Crippen LogP contribution is 2.19. The Kier molecular flexibility index (Phi) is 4.73. The van der Waals surface area contributed by atoms with E-state index in [1.54, 1.807) is 11.0 Å². The summed E-state index contributed by atoms with van der Waals surface area (Å²) in [6.45, 7) is 7.87. The maximum absolute atomic E-state index is 12.0. The van der Waals surface area contributed by atoms with E-state index in [9.17, 15) is 4.79 Å². The Morgan fingerprint density at radius 3 is 2.56 bits per heavy atom. The lowest BCUT2D eigenvalue weighted by molar-refractivity contribution is 0.0582. The van der Waals surface area contributed by atoms with Crippen LogP contribution in [0.15, 0.2) is 24.3 Å². The van der Waals surface area contributed by atoms with Crippen LogP contribution in [0.25, 0.3) is 0 Å². The predicted molar refractivity (Wildman–Crippen MR) is 71.6 cm³/mol. The number of hydrogen-bond acceptors (Lipinski definition) is 3. The topological polar surface area (TPSA) is 49.8 Å². The zero-order valence-corrected chi connectivity index (χ0v) is 11.4. The summed E-state index contributed by atoms with van der Waals surface area (Å²) in [6.07, 6.45) is -0.375. The Bertz CT molecular complexity index is 410. The average Bonchev–Trinajstić information content (AvgIpc) is 2.28. The van der Waals surface area contributed by atoms with Gasteiger partial charge in [0.1, 0.15) is 5.60 Å². The van der Waals surface area contributed by atoms with Gasteiger partial charge in [-0.3, -0.25) is 4.90 Å². The molecule has 0 spiro atoms. The molecule has 1 N–H and O–H groups in total. The molecule has 1 aromatic carbocycles. The quantitative estimate of drug-likeness (QED) is 0.898. The van der Waals surface area contributed by atoms with Crippen LogP contribution in [0, 0.1) is 0 Å². The van der Waals surface area contributed by atoms with Gasteiger partial charge in [0, 0.05) is 12.2 Å². The summed E-state index contributed by atoms with van der Waals surface area (Å²) < 4.78 is 5.34. The summed E-state index contributed by atoms with van der Waals surface area (Å²) in [5, 5.41) is 9.11. The third-order valence-corrected chi connectivity index (χ3v) is 2.33.